The summed E-state index contributed by atoms with van der Waals surface area (Å²) in [6.07, 6.45) is 1.63. The van der Waals surface area contributed by atoms with Gasteiger partial charge in [-0.1, -0.05) is 13.8 Å². The van der Waals surface area contributed by atoms with Gasteiger partial charge in [-0.05, 0) is 12.0 Å². The summed E-state index contributed by atoms with van der Waals surface area (Å²) in [5.74, 6) is 0.407. The third-order valence-corrected chi connectivity index (χ3v) is 3.45. The lowest BCUT2D eigenvalue weighted by Gasteiger charge is -2.50. The Morgan fingerprint density at radius 3 is 2.62 bits per heavy atom. The molecule has 2 N–H and O–H groups in total. The van der Waals surface area contributed by atoms with Crippen molar-refractivity contribution >= 4 is 5.91 Å². The summed E-state index contributed by atoms with van der Waals surface area (Å²) in [5.41, 5.74) is 6.55. The number of nitrogens with two attached hydrogens (primary N) is 1. The average Bonchev–Trinajstić information content (AvgIpc) is 2.58. The van der Waals surface area contributed by atoms with E-state index >= 15 is 0 Å². The fraction of sp³-hybridized carbons (Fsp3) is 0.636. The SMILES string of the molecule is CC(C)C1(N)CN(C(=O)c2ccnn2C)C1. The number of carbonyl (C=O) groups is 1. The minimum atomic E-state index is -0.214. The number of amides is 1. The quantitative estimate of drug-likeness (QED) is 0.779. The first-order valence-electron chi connectivity index (χ1n) is 5.50. The highest BCUT2D eigenvalue weighted by Gasteiger charge is 2.44. The molecular formula is C11H18N4O. The van der Waals surface area contributed by atoms with Crippen molar-refractivity contribution in [3.05, 3.63) is 18.0 Å². The molecule has 1 aliphatic rings. The Balaban J connectivity index is 2.04. The first-order valence-corrected chi connectivity index (χ1v) is 5.50. The van der Waals surface area contributed by atoms with E-state index in [0.717, 1.165) is 0 Å². The van der Waals surface area contributed by atoms with E-state index in [0.29, 0.717) is 24.7 Å². The van der Waals surface area contributed by atoms with Gasteiger partial charge < -0.3 is 10.6 Å². The van der Waals surface area contributed by atoms with E-state index in [-0.39, 0.29) is 11.4 Å². The smallest absolute Gasteiger partial charge is 0.272 e. The molecule has 0 bridgehead atoms. The number of likely N-dealkylation sites (tertiary alicyclic amines) is 1. The number of carbonyl (C=O) groups excluding carboxylic acids is 1. The van der Waals surface area contributed by atoms with Gasteiger partial charge in [0.25, 0.3) is 5.91 Å². The van der Waals surface area contributed by atoms with Crippen molar-refractivity contribution < 1.29 is 4.79 Å². The topological polar surface area (TPSA) is 64.2 Å². The van der Waals surface area contributed by atoms with Gasteiger partial charge in [-0.3, -0.25) is 9.48 Å². The molecule has 5 nitrogen and oxygen atoms in total. The van der Waals surface area contributed by atoms with E-state index in [1.165, 1.54) is 0 Å². The lowest BCUT2D eigenvalue weighted by Crippen LogP contribution is -2.71. The molecule has 1 saturated heterocycles. The van der Waals surface area contributed by atoms with Gasteiger partial charge in [-0.2, -0.15) is 5.10 Å². The summed E-state index contributed by atoms with van der Waals surface area (Å²) >= 11 is 0. The van der Waals surface area contributed by atoms with Gasteiger partial charge in [0.15, 0.2) is 0 Å². The van der Waals surface area contributed by atoms with Crippen molar-refractivity contribution in [2.45, 2.75) is 19.4 Å². The third-order valence-electron chi connectivity index (χ3n) is 3.45. The van der Waals surface area contributed by atoms with E-state index in [9.17, 15) is 4.79 Å². The van der Waals surface area contributed by atoms with Crippen LogP contribution in [0.15, 0.2) is 12.3 Å². The molecule has 1 fully saturated rings. The van der Waals surface area contributed by atoms with Crippen LogP contribution in [0.25, 0.3) is 0 Å². The molecule has 0 saturated carbocycles. The maximum atomic E-state index is 12.0. The van der Waals surface area contributed by atoms with Gasteiger partial charge in [0, 0.05) is 26.3 Å². The highest BCUT2D eigenvalue weighted by Crippen LogP contribution is 2.27. The van der Waals surface area contributed by atoms with Crippen LogP contribution in [-0.4, -0.2) is 39.2 Å². The van der Waals surface area contributed by atoms with E-state index in [4.69, 9.17) is 5.73 Å². The molecule has 0 atom stereocenters. The molecule has 88 valence electrons. The first kappa shape index (κ1) is 11.1. The van der Waals surface area contributed by atoms with Gasteiger partial charge in [0.1, 0.15) is 5.69 Å². The Kier molecular flexibility index (Phi) is 2.50. The molecule has 2 heterocycles. The second kappa shape index (κ2) is 3.59. The second-order valence-corrected chi connectivity index (χ2v) is 4.89. The summed E-state index contributed by atoms with van der Waals surface area (Å²) in [4.78, 5) is 13.8. The Bertz CT molecular complexity index is 404. The Labute approximate surface area is 95.2 Å². The number of rotatable bonds is 2. The van der Waals surface area contributed by atoms with Crippen molar-refractivity contribution in [2.75, 3.05) is 13.1 Å². The van der Waals surface area contributed by atoms with Crippen molar-refractivity contribution in [2.24, 2.45) is 18.7 Å². The third kappa shape index (κ3) is 1.61. The van der Waals surface area contributed by atoms with Gasteiger partial charge >= 0.3 is 0 Å². The van der Waals surface area contributed by atoms with Crippen LogP contribution >= 0.6 is 0 Å². The van der Waals surface area contributed by atoms with E-state index in [1.54, 1.807) is 28.9 Å². The van der Waals surface area contributed by atoms with Crippen LogP contribution in [0.3, 0.4) is 0 Å². The number of aryl methyl sites for hydroxylation is 1. The van der Waals surface area contributed by atoms with E-state index in [1.807, 2.05) is 0 Å². The zero-order chi connectivity index (χ0) is 11.9. The van der Waals surface area contributed by atoms with Crippen molar-refractivity contribution in [1.29, 1.82) is 0 Å². The second-order valence-electron chi connectivity index (χ2n) is 4.89. The fourth-order valence-electron chi connectivity index (χ4n) is 1.92. The van der Waals surface area contributed by atoms with E-state index in [2.05, 4.69) is 18.9 Å². The van der Waals surface area contributed by atoms with Gasteiger partial charge in [0.2, 0.25) is 0 Å². The van der Waals surface area contributed by atoms with Crippen LogP contribution in [0.1, 0.15) is 24.3 Å². The van der Waals surface area contributed by atoms with Crippen molar-refractivity contribution in [1.82, 2.24) is 14.7 Å². The van der Waals surface area contributed by atoms with E-state index < -0.39 is 0 Å². The van der Waals surface area contributed by atoms with Crippen LogP contribution in [-0.2, 0) is 7.05 Å². The maximum Gasteiger partial charge on any atom is 0.272 e. The lowest BCUT2D eigenvalue weighted by molar-refractivity contribution is 0.0265. The highest BCUT2D eigenvalue weighted by molar-refractivity contribution is 5.93. The highest BCUT2D eigenvalue weighted by atomic mass is 16.2. The molecule has 1 amide bonds. The monoisotopic (exact) mass is 222 g/mol. The molecule has 1 aliphatic heterocycles. The lowest BCUT2D eigenvalue weighted by atomic mass is 9.80. The molecular weight excluding hydrogens is 204 g/mol. The first-order chi connectivity index (χ1) is 7.44. The normalized spacial score (nSPS) is 18.7. The summed E-state index contributed by atoms with van der Waals surface area (Å²) in [6.45, 7) is 5.45. The molecule has 2 rings (SSSR count). The van der Waals surface area contributed by atoms with Gasteiger partial charge in [-0.25, -0.2) is 0 Å². The molecule has 0 radical (unpaired) electrons. The largest absolute Gasteiger partial charge is 0.333 e. The zero-order valence-electron chi connectivity index (χ0n) is 9.97. The molecule has 0 unspecified atom stereocenters. The molecule has 16 heavy (non-hydrogen) atoms. The average molecular weight is 222 g/mol. The zero-order valence-corrected chi connectivity index (χ0v) is 9.97. The minimum Gasteiger partial charge on any atom is -0.333 e. The number of hydrogen-bond donors (Lipinski definition) is 1. The fourth-order valence-corrected chi connectivity index (χ4v) is 1.92. The van der Waals surface area contributed by atoms with Crippen molar-refractivity contribution in [3.63, 3.8) is 0 Å². The van der Waals surface area contributed by atoms with Crippen LogP contribution in [0.2, 0.25) is 0 Å². The summed E-state index contributed by atoms with van der Waals surface area (Å²) in [5, 5.41) is 3.99. The standard InChI is InChI=1S/C11H18N4O/c1-8(2)11(12)6-15(7-11)10(16)9-4-5-13-14(9)3/h4-5,8H,6-7,12H2,1-3H3. The van der Waals surface area contributed by atoms with Crippen LogP contribution in [0.4, 0.5) is 0 Å². The summed E-state index contributed by atoms with van der Waals surface area (Å²) in [7, 11) is 1.77. The number of aromatic nitrogens is 2. The van der Waals surface area contributed by atoms with Crippen molar-refractivity contribution in [3.8, 4) is 0 Å². The Hall–Kier alpha value is -1.36. The molecule has 1 aromatic heterocycles. The summed E-state index contributed by atoms with van der Waals surface area (Å²) < 4.78 is 1.59. The Morgan fingerprint density at radius 1 is 1.56 bits per heavy atom. The van der Waals surface area contributed by atoms with Crippen LogP contribution < -0.4 is 5.73 Å². The molecule has 1 aromatic rings. The molecule has 0 aromatic carbocycles. The van der Waals surface area contributed by atoms with Gasteiger partial charge in [0.05, 0.1) is 5.54 Å². The van der Waals surface area contributed by atoms with Gasteiger partial charge in [-0.15, -0.1) is 0 Å². The molecule has 0 spiro atoms. The molecule has 5 heteroatoms. The predicted molar refractivity (Wildman–Crippen MR) is 60.9 cm³/mol. The van der Waals surface area contributed by atoms with Crippen LogP contribution in [0.5, 0.6) is 0 Å². The van der Waals surface area contributed by atoms with Crippen LogP contribution in [0, 0.1) is 5.92 Å². The predicted octanol–water partition coefficient (Wildman–Crippen LogP) is 0.229. The summed E-state index contributed by atoms with van der Waals surface area (Å²) in [6, 6.07) is 1.73. The minimum absolute atomic E-state index is 0.0155. The maximum absolute atomic E-state index is 12.0. The Morgan fingerprint density at radius 2 is 2.19 bits per heavy atom. The molecule has 0 aliphatic carbocycles. The number of nitrogens with zero attached hydrogens (tertiary/aromatic N) is 3. The number of hydrogen-bond acceptors (Lipinski definition) is 3.